The van der Waals surface area contributed by atoms with Gasteiger partial charge in [0, 0.05) is 14.1 Å². The predicted molar refractivity (Wildman–Crippen MR) is 94.1 cm³/mol. The van der Waals surface area contributed by atoms with Gasteiger partial charge in [0.05, 0.1) is 16.9 Å². The van der Waals surface area contributed by atoms with Crippen molar-refractivity contribution in [3.63, 3.8) is 0 Å². The normalized spacial score (nSPS) is 11.3. The van der Waals surface area contributed by atoms with Gasteiger partial charge in [-0.15, -0.1) is 10.2 Å². The first kappa shape index (κ1) is 16.3. The Bertz CT molecular complexity index is 1250. The minimum atomic E-state index is -0.438. The Kier molecular flexibility index (Phi) is 3.73. The van der Waals surface area contributed by atoms with Gasteiger partial charge in [-0.3, -0.25) is 13.9 Å². The lowest BCUT2D eigenvalue weighted by Crippen LogP contribution is -2.37. The lowest BCUT2D eigenvalue weighted by molar-refractivity contribution is 0.490. The molecule has 1 aromatic carbocycles. The fraction of sp³-hybridized carbons (Fsp3) is 0.188. The first-order chi connectivity index (χ1) is 12.5. The molecular weight excluding hydrogens is 360 g/mol. The van der Waals surface area contributed by atoms with Crippen molar-refractivity contribution in [2.75, 3.05) is 0 Å². The highest BCUT2D eigenvalue weighted by atomic mass is 35.5. The average Bonchev–Trinajstić information content (AvgIpc) is 3.26. The Morgan fingerprint density at radius 3 is 2.65 bits per heavy atom. The largest absolute Gasteiger partial charge is 0.419 e. The van der Waals surface area contributed by atoms with Gasteiger partial charge < -0.3 is 8.98 Å². The second-order valence-corrected chi connectivity index (χ2v) is 6.14. The van der Waals surface area contributed by atoms with Crippen LogP contribution in [0.3, 0.4) is 0 Å². The first-order valence-electron chi connectivity index (χ1n) is 7.65. The van der Waals surface area contributed by atoms with Crippen molar-refractivity contribution >= 4 is 22.8 Å². The zero-order valence-electron chi connectivity index (χ0n) is 13.9. The summed E-state index contributed by atoms with van der Waals surface area (Å²) in [4.78, 5) is 28.6. The van der Waals surface area contributed by atoms with Crippen molar-refractivity contribution in [1.29, 1.82) is 0 Å². The molecule has 0 saturated carbocycles. The van der Waals surface area contributed by atoms with Gasteiger partial charge in [0.1, 0.15) is 6.54 Å². The summed E-state index contributed by atoms with van der Waals surface area (Å²) in [6.07, 6.45) is 1.46. The van der Waals surface area contributed by atoms with Crippen LogP contribution in [0, 0.1) is 0 Å². The highest BCUT2D eigenvalue weighted by Gasteiger charge is 2.17. The van der Waals surface area contributed by atoms with E-state index < -0.39 is 11.2 Å². The van der Waals surface area contributed by atoms with Crippen LogP contribution in [0.2, 0.25) is 5.02 Å². The average molecular weight is 373 g/mol. The second-order valence-electron chi connectivity index (χ2n) is 5.73. The highest BCUT2D eigenvalue weighted by Crippen LogP contribution is 2.26. The van der Waals surface area contributed by atoms with E-state index in [-0.39, 0.29) is 23.8 Å². The van der Waals surface area contributed by atoms with Crippen molar-refractivity contribution in [1.82, 2.24) is 28.9 Å². The monoisotopic (exact) mass is 372 g/mol. The van der Waals surface area contributed by atoms with E-state index in [1.165, 1.54) is 17.9 Å². The lowest BCUT2D eigenvalue weighted by atomic mass is 10.2. The molecule has 132 valence electrons. The number of hydrogen-bond donors (Lipinski definition) is 0. The molecule has 10 heteroatoms. The predicted octanol–water partition coefficient (Wildman–Crippen LogP) is 1.19. The zero-order valence-corrected chi connectivity index (χ0v) is 14.6. The van der Waals surface area contributed by atoms with Crippen LogP contribution in [0.1, 0.15) is 5.89 Å². The van der Waals surface area contributed by atoms with Gasteiger partial charge in [-0.25, -0.2) is 9.78 Å². The number of halogens is 1. The molecular formula is C16H13ClN6O3. The summed E-state index contributed by atoms with van der Waals surface area (Å²) >= 11 is 6.14. The summed E-state index contributed by atoms with van der Waals surface area (Å²) < 4.78 is 9.58. The summed E-state index contributed by atoms with van der Waals surface area (Å²) in [6, 6.07) is 7.13. The van der Waals surface area contributed by atoms with Crippen molar-refractivity contribution in [2.45, 2.75) is 6.54 Å². The quantitative estimate of drug-likeness (QED) is 0.535. The van der Waals surface area contributed by atoms with Crippen LogP contribution >= 0.6 is 11.6 Å². The fourth-order valence-corrected chi connectivity index (χ4v) is 2.94. The second kappa shape index (κ2) is 5.95. The maximum atomic E-state index is 12.4. The third-order valence-corrected chi connectivity index (χ3v) is 4.42. The summed E-state index contributed by atoms with van der Waals surface area (Å²) in [5, 5.41) is 8.51. The lowest BCUT2D eigenvalue weighted by Gasteiger charge is -2.04. The smallest absolute Gasteiger partial charge is 0.332 e. The fourth-order valence-electron chi connectivity index (χ4n) is 2.72. The van der Waals surface area contributed by atoms with E-state index in [2.05, 4.69) is 15.2 Å². The Balaban J connectivity index is 1.77. The van der Waals surface area contributed by atoms with E-state index in [0.717, 1.165) is 4.57 Å². The van der Waals surface area contributed by atoms with E-state index in [1.807, 2.05) is 6.07 Å². The van der Waals surface area contributed by atoms with Gasteiger partial charge >= 0.3 is 5.69 Å². The molecule has 26 heavy (non-hydrogen) atoms. The standard InChI is InChI=1S/C16H13ClN6O3/c1-21-13-12(15(24)22(2)16(21)25)23(8-18-13)7-11-19-20-14(26-11)9-5-3-4-6-10(9)17/h3-6,8H,7H2,1-2H3. The molecule has 3 aromatic heterocycles. The summed E-state index contributed by atoms with van der Waals surface area (Å²) in [7, 11) is 2.98. The Hall–Kier alpha value is -3.20. The van der Waals surface area contributed by atoms with Crippen LogP contribution in [-0.2, 0) is 20.6 Å². The van der Waals surface area contributed by atoms with Crippen LogP contribution in [0.25, 0.3) is 22.6 Å². The van der Waals surface area contributed by atoms with Crippen LogP contribution in [0.5, 0.6) is 0 Å². The molecule has 0 radical (unpaired) electrons. The minimum absolute atomic E-state index is 0.140. The molecule has 3 heterocycles. The number of benzene rings is 1. The molecule has 0 aliphatic rings. The number of hydrogen-bond acceptors (Lipinski definition) is 6. The number of aryl methyl sites for hydroxylation is 1. The number of nitrogens with zero attached hydrogens (tertiary/aromatic N) is 6. The van der Waals surface area contributed by atoms with Crippen molar-refractivity contribution in [3.8, 4) is 11.5 Å². The van der Waals surface area contributed by atoms with E-state index in [9.17, 15) is 9.59 Å². The molecule has 0 spiro atoms. The van der Waals surface area contributed by atoms with Gasteiger partial charge in [0.15, 0.2) is 11.2 Å². The summed E-state index contributed by atoms with van der Waals surface area (Å²) in [5.41, 5.74) is 0.329. The molecule has 0 aliphatic carbocycles. The molecule has 0 N–H and O–H groups in total. The van der Waals surface area contributed by atoms with E-state index in [1.54, 1.807) is 29.8 Å². The molecule has 0 saturated heterocycles. The number of imidazole rings is 1. The minimum Gasteiger partial charge on any atom is -0.419 e. The van der Waals surface area contributed by atoms with Crippen LogP contribution in [0.15, 0.2) is 44.6 Å². The third-order valence-electron chi connectivity index (χ3n) is 4.09. The number of rotatable bonds is 3. The molecule has 0 amide bonds. The van der Waals surface area contributed by atoms with Gasteiger partial charge in [-0.2, -0.15) is 0 Å². The number of fused-ring (bicyclic) bond motifs is 1. The van der Waals surface area contributed by atoms with Gasteiger partial charge in [-0.1, -0.05) is 23.7 Å². The molecule has 0 atom stereocenters. The Labute approximate surface area is 151 Å². The SMILES string of the molecule is Cn1c(=O)c2c(ncn2Cc2nnc(-c3ccccc3Cl)o2)n(C)c1=O. The number of aromatic nitrogens is 6. The topological polar surface area (TPSA) is 101 Å². The maximum absolute atomic E-state index is 12.4. The zero-order chi connectivity index (χ0) is 18.4. The molecule has 4 aromatic rings. The molecule has 0 unspecified atom stereocenters. The molecule has 0 aliphatic heterocycles. The summed E-state index contributed by atoms with van der Waals surface area (Å²) in [6.45, 7) is 0.140. The van der Waals surface area contributed by atoms with E-state index >= 15 is 0 Å². The van der Waals surface area contributed by atoms with Crippen LogP contribution < -0.4 is 11.2 Å². The van der Waals surface area contributed by atoms with Crippen molar-refractivity contribution in [3.05, 3.63) is 62.3 Å². The van der Waals surface area contributed by atoms with Gasteiger partial charge in [-0.05, 0) is 12.1 Å². The Morgan fingerprint density at radius 2 is 1.88 bits per heavy atom. The van der Waals surface area contributed by atoms with E-state index in [4.69, 9.17) is 16.0 Å². The Morgan fingerprint density at radius 1 is 1.12 bits per heavy atom. The van der Waals surface area contributed by atoms with E-state index in [0.29, 0.717) is 16.2 Å². The van der Waals surface area contributed by atoms with Crippen LogP contribution in [0.4, 0.5) is 0 Å². The van der Waals surface area contributed by atoms with Crippen molar-refractivity contribution in [2.24, 2.45) is 14.1 Å². The highest BCUT2D eigenvalue weighted by molar-refractivity contribution is 6.33. The molecule has 4 rings (SSSR count). The third kappa shape index (κ3) is 2.44. The molecule has 0 fully saturated rings. The maximum Gasteiger partial charge on any atom is 0.332 e. The van der Waals surface area contributed by atoms with Gasteiger partial charge in [0.25, 0.3) is 5.56 Å². The van der Waals surface area contributed by atoms with Gasteiger partial charge in [0.2, 0.25) is 11.8 Å². The summed E-state index contributed by atoms with van der Waals surface area (Å²) in [5.74, 6) is 0.574. The van der Waals surface area contributed by atoms with Crippen molar-refractivity contribution < 1.29 is 4.42 Å². The van der Waals surface area contributed by atoms with Crippen LogP contribution in [-0.4, -0.2) is 28.9 Å². The first-order valence-corrected chi connectivity index (χ1v) is 8.03. The molecule has 9 nitrogen and oxygen atoms in total. The molecule has 0 bridgehead atoms.